The molecule has 0 bridgehead atoms. The van der Waals surface area contributed by atoms with Gasteiger partial charge in [-0.15, -0.1) is 0 Å². The van der Waals surface area contributed by atoms with Crippen LogP contribution < -0.4 is 20.7 Å². The number of aliphatic hydroxyl groups is 2. The SMILES string of the molecule is CC(C)(C)[Si](OCC(=O)[C@@H](O)[C@H](O)CO[Si](c1ccccc1)(c1ccccc1)C(C)(C)C)(c1ccccc1)c1ccccc1. The summed E-state index contributed by atoms with van der Waals surface area (Å²) in [6.45, 7) is 12.3. The summed E-state index contributed by atoms with van der Waals surface area (Å²) in [5.74, 6) is -0.573. The average Bonchev–Trinajstić information content (AvgIpc) is 3.02. The fraction of sp³-hybridized carbons (Fsp3) is 0.324. The summed E-state index contributed by atoms with van der Waals surface area (Å²) in [5.41, 5.74) is 0. The molecule has 2 N–H and O–H groups in total. The largest absolute Gasteiger partial charge is 0.405 e. The molecule has 0 aliphatic heterocycles. The lowest BCUT2D eigenvalue weighted by atomic mass is 10.1. The summed E-state index contributed by atoms with van der Waals surface area (Å²) < 4.78 is 13.5. The minimum absolute atomic E-state index is 0.195. The Balaban J connectivity index is 1.60. The average molecular weight is 627 g/mol. The van der Waals surface area contributed by atoms with Crippen molar-refractivity contribution in [3.63, 3.8) is 0 Å². The van der Waals surface area contributed by atoms with Crippen LogP contribution in [0.2, 0.25) is 10.1 Å². The molecule has 4 rings (SSSR count). The van der Waals surface area contributed by atoms with Crippen molar-refractivity contribution in [2.45, 2.75) is 63.8 Å². The molecule has 7 heteroatoms. The number of aliphatic hydroxyl groups excluding tert-OH is 2. The van der Waals surface area contributed by atoms with Crippen LogP contribution in [0.25, 0.3) is 0 Å². The monoisotopic (exact) mass is 626 g/mol. The van der Waals surface area contributed by atoms with E-state index in [9.17, 15) is 15.0 Å². The normalized spacial score (nSPS) is 14.2. The van der Waals surface area contributed by atoms with E-state index in [2.05, 4.69) is 90.1 Å². The van der Waals surface area contributed by atoms with Crippen LogP contribution in [0, 0.1) is 0 Å². The van der Waals surface area contributed by atoms with Crippen LogP contribution in [0.5, 0.6) is 0 Å². The second kappa shape index (κ2) is 13.9. The first-order valence-electron chi connectivity index (χ1n) is 15.2. The quantitative estimate of drug-likeness (QED) is 0.228. The predicted molar refractivity (Wildman–Crippen MR) is 184 cm³/mol. The number of Topliss-reactive ketones (excluding diaryl/α,β-unsaturated/α-hetero) is 1. The highest BCUT2D eigenvalue weighted by Gasteiger charge is 2.52. The number of benzene rings is 4. The fourth-order valence-corrected chi connectivity index (χ4v) is 15.4. The molecule has 0 heterocycles. The van der Waals surface area contributed by atoms with Crippen LogP contribution in [0.1, 0.15) is 41.5 Å². The Kier molecular flexibility index (Phi) is 10.6. The van der Waals surface area contributed by atoms with E-state index in [1.807, 2.05) is 72.8 Å². The van der Waals surface area contributed by atoms with Gasteiger partial charge in [-0.1, -0.05) is 163 Å². The molecule has 4 aromatic rings. The first-order chi connectivity index (χ1) is 20.8. The van der Waals surface area contributed by atoms with Gasteiger partial charge in [0.15, 0.2) is 5.78 Å². The zero-order valence-electron chi connectivity index (χ0n) is 26.7. The molecule has 0 aliphatic carbocycles. The van der Waals surface area contributed by atoms with Crippen LogP contribution in [0.3, 0.4) is 0 Å². The van der Waals surface area contributed by atoms with E-state index in [1.165, 1.54) is 0 Å². The third-order valence-corrected chi connectivity index (χ3v) is 18.4. The van der Waals surface area contributed by atoms with Crippen molar-refractivity contribution < 1.29 is 23.9 Å². The fourth-order valence-electron chi connectivity index (χ4n) is 6.30. The summed E-state index contributed by atoms with van der Waals surface area (Å²) >= 11 is 0. The van der Waals surface area contributed by atoms with Gasteiger partial charge in [0.25, 0.3) is 16.6 Å². The van der Waals surface area contributed by atoms with E-state index < -0.39 is 34.6 Å². The first kappa shape index (κ1) is 33.7. The van der Waals surface area contributed by atoms with Crippen LogP contribution in [-0.2, 0) is 13.6 Å². The van der Waals surface area contributed by atoms with Crippen molar-refractivity contribution in [2.24, 2.45) is 0 Å². The van der Waals surface area contributed by atoms with Crippen molar-refractivity contribution in [1.29, 1.82) is 0 Å². The van der Waals surface area contributed by atoms with Gasteiger partial charge in [-0.25, -0.2) is 0 Å². The topological polar surface area (TPSA) is 76.0 Å². The number of hydrogen-bond donors (Lipinski definition) is 2. The molecule has 4 aromatic carbocycles. The second-order valence-electron chi connectivity index (χ2n) is 13.4. The highest BCUT2D eigenvalue weighted by Crippen LogP contribution is 2.38. The molecule has 0 saturated carbocycles. The van der Waals surface area contributed by atoms with Crippen molar-refractivity contribution in [3.8, 4) is 0 Å². The van der Waals surface area contributed by atoms with Crippen molar-refractivity contribution in [3.05, 3.63) is 121 Å². The summed E-state index contributed by atoms with van der Waals surface area (Å²) in [7, 11) is -5.95. The smallest absolute Gasteiger partial charge is 0.261 e. The summed E-state index contributed by atoms with van der Waals surface area (Å²) in [6, 6.07) is 40.3. The van der Waals surface area contributed by atoms with Gasteiger partial charge in [-0.05, 0) is 30.8 Å². The molecule has 44 heavy (non-hydrogen) atoms. The zero-order chi connectivity index (χ0) is 32.0. The van der Waals surface area contributed by atoms with Crippen molar-refractivity contribution in [2.75, 3.05) is 13.2 Å². The first-order valence-corrected chi connectivity index (χ1v) is 19.0. The molecule has 0 spiro atoms. The van der Waals surface area contributed by atoms with Gasteiger partial charge in [0, 0.05) is 0 Å². The molecule has 2 atom stereocenters. The molecule has 0 unspecified atom stereocenters. The Bertz CT molecular complexity index is 1390. The van der Waals surface area contributed by atoms with E-state index in [0.717, 1.165) is 20.7 Å². The molecule has 0 saturated heterocycles. The highest BCUT2D eigenvalue weighted by atomic mass is 28.4. The molecule has 0 amide bonds. The third-order valence-electron chi connectivity index (χ3n) is 8.43. The van der Waals surface area contributed by atoms with Crippen LogP contribution in [0.15, 0.2) is 121 Å². The van der Waals surface area contributed by atoms with E-state index in [-0.39, 0.29) is 23.3 Å². The van der Waals surface area contributed by atoms with Crippen molar-refractivity contribution >= 4 is 43.2 Å². The van der Waals surface area contributed by atoms with Crippen molar-refractivity contribution in [1.82, 2.24) is 0 Å². The maximum Gasteiger partial charge on any atom is 0.261 e. The van der Waals surface area contributed by atoms with Gasteiger partial charge in [0.2, 0.25) is 0 Å². The lowest BCUT2D eigenvalue weighted by molar-refractivity contribution is -0.136. The molecular weight excluding hydrogens is 581 g/mol. The highest BCUT2D eigenvalue weighted by molar-refractivity contribution is 7.00. The number of rotatable bonds is 12. The lowest BCUT2D eigenvalue weighted by Gasteiger charge is -2.43. The standard InChI is InChI=1S/C37H46O5Si2/c1-36(2,3)43(29-19-11-7-12-20-29,30-21-13-8-14-22-30)41-27-33(38)35(40)34(39)28-42-44(37(4,5)6,31-23-15-9-16-24-31)32-25-17-10-18-26-32/h7-26,33,35,38,40H,27-28H2,1-6H3/t33-,35+/m1/s1. The maximum atomic E-state index is 13.5. The van der Waals surface area contributed by atoms with E-state index in [4.69, 9.17) is 8.85 Å². The van der Waals surface area contributed by atoms with E-state index >= 15 is 0 Å². The number of carbonyl (C=O) groups excluding carboxylic acids is 1. The van der Waals surface area contributed by atoms with Gasteiger partial charge in [-0.3, -0.25) is 4.79 Å². The summed E-state index contributed by atoms with van der Waals surface area (Å²) in [4.78, 5) is 13.5. The van der Waals surface area contributed by atoms with Crippen LogP contribution in [-0.4, -0.2) is 58.1 Å². The predicted octanol–water partition coefficient (Wildman–Crippen LogP) is 4.43. The number of carbonyl (C=O) groups is 1. The Hall–Kier alpha value is -3.18. The molecule has 0 aromatic heterocycles. The molecule has 0 radical (unpaired) electrons. The third kappa shape index (κ3) is 6.73. The summed E-state index contributed by atoms with van der Waals surface area (Å²) in [5, 5.41) is 25.9. The van der Waals surface area contributed by atoms with Crippen LogP contribution >= 0.6 is 0 Å². The number of hydrogen-bond acceptors (Lipinski definition) is 5. The van der Waals surface area contributed by atoms with Gasteiger partial charge in [-0.2, -0.15) is 0 Å². The molecule has 0 fully saturated rings. The van der Waals surface area contributed by atoms with Gasteiger partial charge in [0.05, 0.1) is 13.2 Å². The lowest BCUT2D eigenvalue weighted by Crippen LogP contribution is -2.67. The molecule has 232 valence electrons. The maximum absolute atomic E-state index is 13.5. The van der Waals surface area contributed by atoms with E-state index in [0.29, 0.717) is 0 Å². The Morgan fingerprint density at radius 1 is 0.568 bits per heavy atom. The minimum atomic E-state index is -2.99. The van der Waals surface area contributed by atoms with Gasteiger partial charge < -0.3 is 19.1 Å². The molecular formula is C37H46O5Si2. The summed E-state index contributed by atoms with van der Waals surface area (Å²) in [6.07, 6.45) is -3.08. The Morgan fingerprint density at radius 3 is 1.16 bits per heavy atom. The minimum Gasteiger partial charge on any atom is -0.405 e. The van der Waals surface area contributed by atoms with E-state index in [1.54, 1.807) is 0 Å². The van der Waals surface area contributed by atoms with Gasteiger partial charge in [0.1, 0.15) is 12.2 Å². The molecule has 0 aliphatic rings. The Morgan fingerprint density at radius 2 is 0.864 bits per heavy atom. The zero-order valence-corrected chi connectivity index (χ0v) is 28.7. The molecule has 5 nitrogen and oxygen atoms in total. The van der Waals surface area contributed by atoms with Crippen LogP contribution in [0.4, 0.5) is 0 Å². The number of ketones is 1. The second-order valence-corrected chi connectivity index (χ2v) is 22.0. The Labute approximate surface area is 264 Å². The van der Waals surface area contributed by atoms with Gasteiger partial charge >= 0.3 is 0 Å².